The zero-order valence-electron chi connectivity index (χ0n) is 14.5. The van der Waals surface area contributed by atoms with Crippen molar-refractivity contribution in [3.63, 3.8) is 0 Å². The summed E-state index contributed by atoms with van der Waals surface area (Å²) < 4.78 is 0. The molecular formula is C17H24N4OS. The molecule has 1 aliphatic rings. The monoisotopic (exact) mass is 332 g/mol. The van der Waals surface area contributed by atoms with Crippen LogP contribution in [-0.2, 0) is 24.9 Å². The molecule has 0 amide bonds. The third-order valence-electron chi connectivity index (χ3n) is 4.22. The Morgan fingerprint density at radius 2 is 2.00 bits per heavy atom. The van der Waals surface area contributed by atoms with Crippen molar-refractivity contribution in [2.45, 2.75) is 59.5 Å². The van der Waals surface area contributed by atoms with Gasteiger partial charge in [-0.05, 0) is 13.8 Å². The number of aryl methyl sites for hydroxylation is 2. The van der Waals surface area contributed by atoms with Gasteiger partial charge in [0, 0.05) is 36.3 Å². The summed E-state index contributed by atoms with van der Waals surface area (Å²) in [5, 5.41) is 1.10. The van der Waals surface area contributed by atoms with Crippen LogP contribution >= 0.6 is 11.3 Å². The van der Waals surface area contributed by atoms with E-state index < -0.39 is 0 Å². The molecule has 3 rings (SSSR count). The molecule has 2 aromatic rings. The first-order valence-corrected chi connectivity index (χ1v) is 8.83. The Morgan fingerprint density at radius 1 is 1.26 bits per heavy atom. The van der Waals surface area contributed by atoms with E-state index in [9.17, 15) is 4.79 Å². The molecule has 0 atom stereocenters. The molecule has 1 N–H and O–H groups in total. The van der Waals surface area contributed by atoms with E-state index in [2.05, 4.69) is 42.6 Å². The van der Waals surface area contributed by atoms with Crippen molar-refractivity contribution in [2.24, 2.45) is 0 Å². The van der Waals surface area contributed by atoms with Crippen LogP contribution < -0.4 is 5.56 Å². The largest absolute Gasteiger partial charge is 0.310 e. The van der Waals surface area contributed by atoms with E-state index in [4.69, 9.17) is 4.98 Å². The van der Waals surface area contributed by atoms with Gasteiger partial charge in [-0.3, -0.25) is 9.69 Å². The molecule has 3 heterocycles. The maximum Gasteiger partial charge on any atom is 0.255 e. The van der Waals surface area contributed by atoms with Crippen LogP contribution in [0.3, 0.4) is 0 Å². The first-order chi connectivity index (χ1) is 10.7. The number of aromatic nitrogens is 3. The van der Waals surface area contributed by atoms with Crippen LogP contribution in [0.2, 0.25) is 0 Å². The normalized spacial score (nSPS) is 15.7. The fourth-order valence-corrected chi connectivity index (χ4v) is 3.87. The van der Waals surface area contributed by atoms with Gasteiger partial charge in [-0.1, -0.05) is 20.8 Å². The zero-order chi connectivity index (χ0) is 16.8. The topological polar surface area (TPSA) is 61.9 Å². The van der Waals surface area contributed by atoms with Crippen LogP contribution in [-0.4, -0.2) is 26.4 Å². The highest BCUT2D eigenvalue weighted by Crippen LogP contribution is 2.24. The SMILES string of the molecule is Cc1nc(C)c(CN2CCc3nc(C(C)(C)C)[nH]c(=O)c3C2)s1. The average molecular weight is 332 g/mol. The van der Waals surface area contributed by atoms with Crippen LogP contribution in [0.4, 0.5) is 0 Å². The number of hydrogen-bond acceptors (Lipinski definition) is 5. The standard InChI is InChI=1S/C17H24N4OS/c1-10-14(23-11(2)18-10)9-21-7-6-13-12(8-21)15(22)20-16(19-13)17(3,4)5/h6-9H2,1-5H3,(H,19,20,22). The number of fused-ring (bicyclic) bond motifs is 1. The van der Waals surface area contributed by atoms with E-state index in [1.165, 1.54) is 4.88 Å². The number of rotatable bonds is 2. The van der Waals surface area contributed by atoms with Crippen molar-refractivity contribution in [1.29, 1.82) is 0 Å². The minimum Gasteiger partial charge on any atom is -0.310 e. The fourth-order valence-electron chi connectivity index (χ4n) is 2.89. The molecule has 0 spiro atoms. The van der Waals surface area contributed by atoms with E-state index in [-0.39, 0.29) is 11.0 Å². The molecule has 23 heavy (non-hydrogen) atoms. The van der Waals surface area contributed by atoms with Crippen molar-refractivity contribution in [3.8, 4) is 0 Å². The average Bonchev–Trinajstić information content (AvgIpc) is 2.76. The molecule has 0 saturated carbocycles. The fraction of sp³-hybridized carbons (Fsp3) is 0.588. The van der Waals surface area contributed by atoms with Crippen LogP contribution in [0, 0.1) is 13.8 Å². The molecule has 124 valence electrons. The number of H-pyrrole nitrogens is 1. The summed E-state index contributed by atoms with van der Waals surface area (Å²) >= 11 is 1.74. The van der Waals surface area contributed by atoms with Gasteiger partial charge in [0.25, 0.3) is 5.56 Å². The maximum atomic E-state index is 12.5. The Bertz CT molecular complexity index is 785. The Balaban J connectivity index is 1.84. The van der Waals surface area contributed by atoms with Crippen LogP contribution in [0.1, 0.15) is 53.4 Å². The molecule has 0 fully saturated rings. The Kier molecular flexibility index (Phi) is 4.14. The van der Waals surface area contributed by atoms with Crippen molar-refractivity contribution < 1.29 is 0 Å². The van der Waals surface area contributed by atoms with Gasteiger partial charge in [0.05, 0.1) is 22.0 Å². The zero-order valence-corrected chi connectivity index (χ0v) is 15.3. The number of nitrogens with one attached hydrogen (secondary N) is 1. The van der Waals surface area contributed by atoms with Crippen LogP contribution in [0.25, 0.3) is 0 Å². The smallest absolute Gasteiger partial charge is 0.255 e. The predicted molar refractivity (Wildman–Crippen MR) is 93.0 cm³/mol. The number of nitrogens with zero attached hydrogens (tertiary/aromatic N) is 3. The second-order valence-corrected chi connectivity index (χ2v) is 8.58. The van der Waals surface area contributed by atoms with Crippen molar-refractivity contribution in [3.05, 3.63) is 43.0 Å². The molecule has 0 saturated heterocycles. The van der Waals surface area contributed by atoms with Crippen LogP contribution in [0.5, 0.6) is 0 Å². The lowest BCUT2D eigenvalue weighted by atomic mass is 9.95. The summed E-state index contributed by atoms with van der Waals surface area (Å²) in [6.45, 7) is 12.8. The molecule has 0 bridgehead atoms. The number of hydrogen-bond donors (Lipinski definition) is 1. The molecule has 5 nitrogen and oxygen atoms in total. The van der Waals surface area contributed by atoms with E-state index in [0.29, 0.717) is 6.54 Å². The maximum absolute atomic E-state index is 12.5. The van der Waals surface area contributed by atoms with Crippen molar-refractivity contribution in [2.75, 3.05) is 6.54 Å². The summed E-state index contributed by atoms with van der Waals surface area (Å²) in [5.41, 5.74) is 2.77. The Labute approximate surface area is 140 Å². The van der Waals surface area contributed by atoms with Gasteiger partial charge in [-0.25, -0.2) is 9.97 Å². The van der Waals surface area contributed by atoms with Gasteiger partial charge in [0.2, 0.25) is 0 Å². The quantitative estimate of drug-likeness (QED) is 0.918. The van der Waals surface area contributed by atoms with Gasteiger partial charge in [-0.15, -0.1) is 11.3 Å². The Morgan fingerprint density at radius 3 is 2.61 bits per heavy atom. The number of thiazole rings is 1. The van der Waals surface area contributed by atoms with Gasteiger partial charge < -0.3 is 4.98 Å². The van der Waals surface area contributed by atoms with Gasteiger partial charge >= 0.3 is 0 Å². The summed E-state index contributed by atoms with van der Waals surface area (Å²) in [5.74, 6) is 0.781. The van der Waals surface area contributed by atoms with Gasteiger partial charge in [-0.2, -0.15) is 0 Å². The summed E-state index contributed by atoms with van der Waals surface area (Å²) in [4.78, 5) is 28.3. The minimum absolute atomic E-state index is 0.0156. The lowest BCUT2D eigenvalue weighted by Gasteiger charge is -2.28. The molecular weight excluding hydrogens is 308 g/mol. The third kappa shape index (κ3) is 3.38. The van der Waals surface area contributed by atoms with Crippen molar-refractivity contribution >= 4 is 11.3 Å². The molecule has 1 aliphatic heterocycles. The minimum atomic E-state index is -0.136. The second kappa shape index (κ2) is 5.83. The molecule has 0 unspecified atom stereocenters. The number of aromatic amines is 1. The highest BCUT2D eigenvalue weighted by Gasteiger charge is 2.25. The molecule has 6 heteroatoms. The molecule has 0 radical (unpaired) electrons. The van der Waals surface area contributed by atoms with Gasteiger partial charge in [0.15, 0.2) is 0 Å². The molecule has 0 aromatic carbocycles. The van der Waals surface area contributed by atoms with Crippen molar-refractivity contribution in [1.82, 2.24) is 19.9 Å². The lowest BCUT2D eigenvalue weighted by molar-refractivity contribution is 0.242. The van der Waals surface area contributed by atoms with E-state index in [0.717, 1.165) is 47.3 Å². The Hall–Kier alpha value is -1.53. The van der Waals surface area contributed by atoms with E-state index in [1.54, 1.807) is 11.3 Å². The highest BCUT2D eigenvalue weighted by atomic mass is 32.1. The highest BCUT2D eigenvalue weighted by molar-refractivity contribution is 7.11. The second-order valence-electron chi connectivity index (χ2n) is 7.29. The first kappa shape index (κ1) is 16.3. The predicted octanol–water partition coefficient (Wildman–Crippen LogP) is 2.70. The summed E-state index contributed by atoms with van der Waals surface area (Å²) in [6.07, 6.45) is 0.833. The summed E-state index contributed by atoms with van der Waals surface area (Å²) in [7, 11) is 0. The van der Waals surface area contributed by atoms with E-state index in [1.807, 2.05) is 6.92 Å². The lowest BCUT2D eigenvalue weighted by Crippen LogP contribution is -2.37. The summed E-state index contributed by atoms with van der Waals surface area (Å²) in [6, 6.07) is 0. The molecule has 0 aliphatic carbocycles. The molecule has 2 aromatic heterocycles. The van der Waals surface area contributed by atoms with Crippen LogP contribution in [0.15, 0.2) is 4.79 Å². The van der Waals surface area contributed by atoms with Gasteiger partial charge in [0.1, 0.15) is 5.82 Å². The first-order valence-electron chi connectivity index (χ1n) is 8.02. The third-order valence-corrected chi connectivity index (χ3v) is 5.28. The van der Waals surface area contributed by atoms with E-state index >= 15 is 0 Å².